The van der Waals surface area contributed by atoms with E-state index in [1.165, 1.54) is 31.4 Å². The van der Waals surface area contributed by atoms with Gasteiger partial charge >= 0.3 is 0 Å². The number of benzene rings is 1. The van der Waals surface area contributed by atoms with Gasteiger partial charge in [-0.2, -0.15) is 0 Å². The quantitative estimate of drug-likeness (QED) is 0.759. The van der Waals surface area contributed by atoms with Crippen LogP contribution < -0.4 is 9.64 Å². The van der Waals surface area contributed by atoms with Crippen molar-refractivity contribution in [1.29, 1.82) is 0 Å². The minimum Gasteiger partial charge on any atom is -0.488 e. The monoisotopic (exact) mass is 393 g/mol. The number of rotatable bonds is 3. The van der Waals surface area contributed by atoms with Crippen molar-refractivity contribution in [2.24, 2.45) is 23.2 Å². The van der Waals surface area contributed by atoms with E-state index in [9.17, 15) is 4.79 Å². The van der Waals surface area contributed by atoms with Crippen LogP contribution in [0.5, 0.6) is 5.75 Å². The zero-order valence-corrected chi connectivity index (χ0v) is 17.2. The summed E-state index contributed by atoms with van der Waals surface area (Å²) < 4.78 is 11.6. The molecule has 3 saturated carbocycles. The second-order valence-corrected chi connectivity index (χ2v) is 10.1. The molecule has 4 fully saturated rings. The number of nitrogens with zero attached hydrogens (tertiary/aromatic N) is 1. The van der Waals surface area contributed by atoms with Crippen LogP contribution in [0, 0.1) is 23.2 Å². The molecule has 1 saturated heterocycles. The third kappa shape index (κ3) is 3.02. The van der Waals surface area contributed by atoms with Gasteiger partial charge in [0.05, 0.1) is 13.2 Å². The maximum Gasteiger partial charge on any atom is 0.168 e. The lowest BCUT2D eigenvalue weighted by atomic mass is 9.66. The summed E-state index contributed by atoms with van der Waals surface area (Å²) in [5, 5.41) is 0. The molecule has 2 heterocycles. The molecular weight excluding hydrogens is 362 g/mol. The maximum absolute atomic E-state index is 13.7. The minimum absolute atomic E-state index is 0.0842. The third-order valence-corrected chi connectivity index (χ3v) is 8.33. The number of Topliss-reactive ketones (excluding diaryl/α,β-unsaturated/α-hetero) is 1. The van der Waals surface area contributed by atoms with E-state index in [0.29, 0.717) is 12.4 Å². The SMILES string of the molecule is O=C(C1=Cc2ccc(N3CCOCC3)cc2OC1)C12CC3CCCC(C1)C(C3)C2. The molecule has 3 aliphatic carbocycles. The van der Waals surface area contributed by atoms with Crippen LogP contribution >= 0.6 is 0 Å². The third-order valence-electron chi connectivity index (χ3n) is 8.33. The molecule has 0 aromatic heterocycles. The number of ketones is 1. The Balaban J connectivity index is 1.26. The standard InChI is InChI=1S/C25H31NO3/c27-24(25-13-17-2-1-3-19(14-25)20(10-17)15-25)21-11-18-4-5-22(12-23(18)29-16-21)26-6-8-28-9-7-26/h4-5,11-12,17,19-20H,1-3,6-10,13-16H2. The molecule has 1 aromatic rings. The molecule has 4 atom stereocenters. The zero-order valence-electron chi connectivity index (χ0n) is 17.2. The van der Waals surface area contributed by atoms with E-state index in [4.69, 9.17) is 9.47 Å². The molecule has 0 radical (unpaired) electrons. The number of ether oxygens (including phenoxy) is 2. The summed E-state index contributed by atoms with van der Waals surface area (Å²) in [5.41, 5.74) is 3.06. The van der Waals surface area contributed by atoms with Gasteiger partial charge in [0.1, 0.15) is 12.4 Å². The first-order chi connectivity index (χ1) is 14.2. The fourth-order valence-corrected chi connectivity index (χ4v) is 7.07. The first-order valence-corrected chi connectivity index (χ1v) is 11.6. The molecule has 4 unspecified atom stereocenters. The molecule has 0 N–H and O–H groups in total. The molecule has 6 rings (SSSR count). The molecule has 4 nitrogen and oxygen atoms in total. The maximum atomic E-state index is 13.7. The predicted octanol–water partition coefficient (Wildman–Crippen LogP) is 4.47. The van der Waals surface area contributed by atoms with Gasteiger partial charge in [0, 0.05) is 41.4 Å². The van der Waals surface area contributed by atoms with E-state index in [1.807, 2.05) is 0 Å². The van der Waals surface area contributed by atoms with Gasteiger partial charge in [0.2, 0.25) is 0 Å². The van der Waals surface area contributed by atoms with Gasteiger partial charge in [-0.15, -0.1) is 0 Å². The minimum atomic E-state index is -0.0842. The number of hydrogen-bond acceptors (Lipinski definition) is 4. The molecule has 29 heavy (non-hydrogen) atoms. The Hall–Kier alpha value is -1.81. The van der Waals surface area contributed by atoms with Crippen molar-refractivity contribution in [1.82, 2.24) is 0 Å². The van der Waals surface area contributed by atoms with Crippen LogP contribution in [0.3, 0.4) is 0 Å². The summed E-state index contributed by atoms with van der Waals surface area (Å²) in [7, 11) is 0. The van der Waals surface area contributed by atoms with Gasteiger partial charge in [-0.05, 0) is 61.6 Å². The molecule has 0 spiro atoms. The van der Waals surface area contributed by atoms with Crippen molar-refractivity contribution in [2.75, 3.05) is 37.8 Å². The van der Waals surface area contributed by atoms with Gasteiger partial charge in [-0.3, -0.25) is 4.79 Å². The van der Waals surface area contributed by atoms with E-state index < -0.39 is 0 Å². The summed E-state index contributed by atoms with van der Waals surface area (Å²) in [4.78, 5) is 16.1. The number of carbonyl (C=O) groups excluding carboxylic acids is 1. The van der Waals surface area contributed by atoms with Crippen LogP contribution in [0.15, 0.2) is 23.8 Å². The predicted molar refractivity (Wildman–Crippen MR) is 113 cm³/mol. The molecular formula is C25H31NO3. The fraction of sp³-hybridized carbons (Fsp3) is 0.640. The summed E-state index contributed by atoms with van der Waals surface area (Å²) in [6.07, 6.45) is 10.9. The van der Waals surface area contributed by atoms with Gasteiger partial charge in [-0.1, -0.05) is 19.3 Å². The Labute approximate surface area is 173 Å². The van der Waals surface area contributed by atoms with Crippen molar-refractivity contribution in [3.63, 3.8) is 0 Å². The van der Waals surface area contributed by atoms with Gasteiger partial charge in [0.15, 0.2) is 5.78 Å². The molecule has 2 aliphatic heterocycles. The zero-order chi connectivity index (χ0) is 19.4. The van der Waals surface area contributed by atoms with Crippen molar-refractivity contribution in [3.05, 3.63) is 29.3 Å². The lowest BCUT2D eigenvalue weighted by molar-refractivity contribution is -0.127. The van der Waals surface area contributed by atoms with Crippen molar-refractivity contribution in [3.8, 4) is 5.75 Å². The van der Waals surface area contributed by atoms with Gasteiger partial charge in [0.25, 0.3) is 0 Å². The summed E-state index contributed by atoms with van der Waals surface area (Å²) >= 11 is 0. The molecule has 154 valence electrons. The van der Waals surface area contributed by atoms with Crippen LogP contribution in [0.2, 0.25) is 0 Å². The molecule has 0 amide bonds. The van der Waals surface area contributed by atoms with Crippen LogP contribution in [0.1, 0.15) is 50.5 Å². The number of morpholine rings is 1. The largest absolute Gasteiger partial charge is 0.488 e. The number of fused-ring (bicyclic) bond motifs is 3. The lowest BCUT2D eigenvalue weighted by Gasteiger charge is -2.37. The van der Waals surface area contributed by atoms with Gasteiger partial charge < -0.3 is 14.4 Å². The Bertz CT molecular complexity index is 852. The highest BCUT2D eigenvalue weighted by Crippen LogP contribution is 2.61. The second-order valence-electron chi connectivity index (χ2n) is 10.1. The van der Waals surface area contributed by atoms with Crippen LogP contribution in [0.4, 0.5) is 5.69 Å². The van der Waals surface area contributed by atoms with Crippen LogP contribution in [-0.2, 0) is 9.53 Å². The van der Waals surface area contributed by atoms with Crippen LogP contribution in [-0.4, -0.2) is 38.7 Å². The second kappa shape index (κ2) is 6.87. The number of hydrogen-bond donors (Lipinski definition) is 0. The first-order valence-electron chi connectivity index (χ1n) is 11.6. The summed E-state index contributed by atoms with van der Waals surface area (Å²) in [5.74, 6) is 3.68. The fourth-order valence-electron chi connectivity index (χ4n) is 7.07. The van der Waals surface area contributed by atoms with Crippen LogP contribution in [0.25, 0.3) is 6.08 Å². The lowest BCUT2D eigenvalue weighted by Crippen LogP contribution is -2.37. The van der Waals surface area contributed by atoms with E-state index >= 15 is 0 Å². The Morgan fingerprint density at radius 2 is 1.93 bits per heavy atom. The summed E-state index contributed by atoms with van der Waals surface area (Å²) in [6.45, 7) is 3.83. The Kier molecular flexibility index (Phi) is 4.26. The smallest absolute Gasteiger partial charge is 0.168 e. The average Bonchev–Trinajstić information content (AvgIpc) is 2.94. The highest BCUT2D eigenvalue weighted by atomic mass is 16.5. The highest BCUT2D eigenvalue weighted by molar-refractivity contribution is 6.04. The van der Waals surface area contributed by atoms with E-state index in [0.717, 1.165) is 80.2 Å². The number of anilines is 1. The van der Waals surface area contributed by atoms with E-state index in [1.54, 1.807) is 0 Å². The molecule has 3 bridgehead atoms. The number of carbonyl (C=O) groups is 1. The first kappa shape index (κ1) is 18.0. The van der Waals surface area contributed by atoms with E-state index in [-0.39, 0.29) is 5.41 Å². The van der Waals surface area contributed by atoms with Gasteiger partial charge in [-0.25, -0.2) is 0 Å². The van der Waals surface area contributed by atoms with Crippen molar-refractivity contribution < 1.29 is 14.3 Å². The topological polar surface area (TPSA) is 38.8 Å². The average molecular weight is 394 g/mol. The molecule has 1 aromatic carbocycles. The summed E-state index contributed by atoms with van der Waals surface area (Å²) in [6, 6.07) is 6.41. The van der Waals surface area contributed by atoms with Crippen molar-refractivity contribution >= 4 is 17.5 Å². The Morgan fingerprint density at radius 1 is 1.07 bits per heavy atom. The highest BCUT2D eigenvalue weighted by Gasteiger charge is 2.55. The molecule has 4 heteroatoms. The van der Waals surface area contributed by atoms with Crippen molar-refractivity contribution in [2.45, 2.75) is 44.9 Å². The van der Waals surface area contributed by atoms with E-state index in [2.05, 4.69) is 29.2 Å². The normalized spacial score (nSPS) is 35.5. The molecule has 5 aliphatic rings. The Morgan fingerprint density at radius 3 is 2.83 bits per heavy atom.